The molecule has 1 amide bonds. The molecule has 0 saturated carbocycles. The van der Waals surface area contributed by atoms with Crippen LogP contribution in [0.3, 0.4) is 0 Å². The molecular formula is C25H25N5O. The van der Waals surface area contributed by atoms with Crippen molar-refractivity contribution < 1.29 is 4.79 Å². The molecule has 2 aromatic heterocycles. The molecule has 0 radical (unpaired) electrons. The average Bonchev–Trinajstić information content (AvgIpc) is 3.29. The highest BCUT2D eigenvalue weighted by atomic mass is 16.2. The van der Waals surface area contributed by atoms with Crippen LogP contribution in [-0.2, 0) is 11.2 Å². The summed E-state index contributed by atoms with van der Waals surface area (Å²) in [7, 11) is 2.09. The van der Waals surface area contributed by atoms with Crippen molar-refractivity contribution in [2.75, 3.05) is 26.7 Å². The number of nitrogens with zero attached hydrogens (tertiary/aromatic N) is 4. The molecule has 1 unspecified atom stereocenters. The Morgan fingerprint density at radius 1 is 1.06 bits per heavy atom. The number of fused-ring (bicyclic) bond motifs is 1. The SMILES string of the molecule is CN1CCN(C(=O)Cc2ccncc2)C(c2ncc(-c3ccc4ccccc4c3)[nH]2)C1. The Bertz CT molecular complexity index is 1200. The summed E-state index contributed by atoms with van der Waals surface area (Å²) >= 11 is 0. The fourth-order valence-corrected chi connectivity index (χ4v) is 4.24. The Morgan fingerprint density at radius 3 is 2.71 bits per heavy atom. The lowest BCUT2D eigenvalue weighted by Gasteiger charge is -2.39. The van der Waals surface area contributed by atoms with E-state index in [1.54, 1.807) is 12.4 Å². The second-order valence-corrected chi connectivity index (χ2v) is 8.14. The highest BCUT2D eigenvalue weighted by molar-refractivity contribution is 5.86. The molecule has 5 rings (SSSR count). The summed E-state index contributed by atoms with van der Waals surface area (Å²) in [5.74, 6) is 0.950. The number of carbonyl (C=O) groups is 1. The lowest BCUT2D eigenvalue weighted by molar-refractivity contribution is -0.135. The zero-order valence-corrected chi connectivity index (χ0v) is 17.5. The van der Waals surface area contributed by atoms with Crippen molar-refractivity contribution >= 4 is 16.7 Å². The predicted molar refractivity (Wildman–Crippen MR) is 121 cm³/mol. The van der Waals surface area contributed by atoms with Gasteiger partial charge in [0.25, 0.3) is 0 Å². The van der Waals surface area contributed by atoms with E-state index in [9.17, 15) is 4.79 Å². The number of aromatic amines is 1. The second kappa shape index (κ2) is 8.32. The number of amides is 1. The topological polar surface area (TPSA) is 65.1 Å². The Kier molecular flexibility index (Phi) is 5.22. The van der Waals surface area contributed by atoms with Crippen molar-refractivity contribution in [2.45, 2.75) is 12.5 Å². The molecule has 3 heterocycles. The third-order valence-electron chi connectivity index (χ3n) is 5.98. The molecule has 2 aromatic carbocycles. The van der Waals surface area contributed by atoms with E-state index in [4.69, 9.17) is 0 Å². The van der Waals surface area contributed by atoms with Gasteiger partial charge in [0.15, 0.2) is 0 Å². The van der Waals surface area contributed by atoms with Gasteiger partial charge < -0.3 is 14.8 Å². The van der Waals surface area contributed by atoms with Crippen molar-refractivity contribution in [1.29, 1.82) is 0 Å². The van der Waals surface area contributed by atoms with E-state index in [1.165, 1.54) is 10.8 Å². The summed E-state index contributed by atoms with van der Waals surface area (Å²) < 4.78 is 0. The molecule has 1 aliphatic heterocycles. The number of pyridine rings is 1. The number of benzene rings is 2. The highest BCUT2D eigenvalue weighted by Crippen LogP contribution is 2.28. The first kappa shape index (κ1) is 19.5. The Hall–Kier alpha value is -3.51. The van der Waals surface area contributed by atoms with Gasteiger partial charge in [0.05, 0.1) is 18.3 Å². The Labute approximate surface area is 181 Å². The van der Waals surface area contributed by atoms with Crippen molar-refractivity contribution in [3.05, 3.63) is 84.6 Å². The van der Waals surface area contributed by atoms with Gasteiger partial charge in [-0.05, 0) is 41.6 Å². The third kappa shape index (κ3) is 4.07. The monoisotopic (exact) mass is 411 g/mol. The number of rotatable bonds is 4. The number of imidazole rings is 1. The van der Waals surface area contributed by atoms with Gasteiger partial charge in [-0.1, -0.05) is 36.4 Å². The minimum Gasteiger partial charge on any atom is -0.340 e. The first-order valence-corrected chi connectivity index (χ1v) is 10.6. The second-order valence-electron chi connectivity index (χ2n) is 8.14. The van der Waals surface area contributed by atoms with Crippen LogP contribution in [0, 0.1) is 0 Å². The van der Waals surface area contributed by atoms with Crippen LogP contribution in [-0.4, -0.2) is 57.3 Å². The molecule has 4 aromatic rings. The average molecular weight is 412 g/mol. The highest BCUT2D eigenvalue weighted by Gasteiger charge is 2.32. The predicted octanol–water partition coefficient (Wildman–Crippen LogP) is 3.68. The van der Waals surface area contributed by atoms with Gasteiger partial charge in [-0.15, -0.1) is 0 Å². The van der Waals surface area contributed by atoms with Crippen LogP contribution < -0.4 is 0 Å². The van der Waals surface area contributed by atoms with Crippen LogP contribution in [0.4, 0.5) is 0 Å². The molecule has 0 aliphatic carbocycles. The van der Waals surface area contributed by atoms with Gasteiger partial charge >= 0.3 is 0 Å². The maximum atomic E-state index is 13.1. The number of likely N-dealkylation sites (N-methyl/N-ethyl adjacent to an activating group) is 1. The minimum absolute atomic E-state index is 0.0951. The molecule has 1 fully saturated rings. The van der Waals surface area contributed by atoms with Crippen LogP contribution in [0.25, 0.3) is 22.0 Å². The molecule has 1 saturated heterocycles. The number of nitrogens with one attached hydrogen (secondary N) is 1. The molecule has 1 N–H and O–H groups in total. The third-order valence-corrected chi connectivity index (χ3v) is 5.98. The molecule has 6 nitrogen and oxygen atoms in total. The van der Waals surface area contributed by atoms with Gasteiger partial charge in [0, 0.05) is 37.6 Å². The molecule has 0 bridgehead atoms. The lowest BCUT2D eigenvalue weighted by Crippen LogP contribution is -2.50. The largest absolute Gasteiger partial charge is 0.340 e. The number of hydrogen-bond acceptors (Lipinski definition) is 4. The molecule has 1 atom stereocenters. The van der Waals surface area contributed by atoms with E-state index in [1.807, 2.05) is 29.3 Å². The number of aromatic nitrogens is 3. The van der Waals surface area contributed by atoms with E-state index >= 15 is 0 Å². The van der Waals surface area contributed by atoms with Gasteiger partial charge in [-0.25, -0.2) is 4.98 Å². The van der Waals surface area contributed by atoms with Crippen molar-refractivity contribution in [3.8, 4) is 11.3 Å². The number of piperazine rings is 1. The maximum Gasteiger partial charge on any atom is 0.227 e. The summed E-state index contributed by atoms with van der Waals surface area (Å²) in [5, 5.41) is 2.41. The molecule has 31 heavy (non-hydrogen) atoms. The summed E-state index contributed by atoms with van der Waals surface area (Å²) in [5.41, 5.74) is 3.04. The van der Waals surface area contributed by atoms with E-state index in [0.29, 0.717) is 13.0 Å². The Morgan fingerprint density at radius 2 is 1.87 bits per heavy atom. The quantitative estimate of drug-likeness (QED) is 0.556. The molecule has 0 spiro atoms. The summed E-state index contributed by atoms with van der Waals surface area (Å²) in [4.78, 5) is 29.6. The van der Waals surface area contributed by atoms with Gasteiger partial charge in [-0.3, -0.25) is 9.78 Å². The molecule has 6 heteroatoms. The van der Waals surface area contributed by atoms with Crippen LogP contribution >= 0.6 is 0 Å². The standard InChI is InChI=1S/C25H25N5O/c1-29-12-13-30(24(31)14-18-8-10-26-11-9-18)23(17-29)25-27-16-22(28-25)21-7-6-19-4-2-3-5-20(19)15-21/h2-11,15-16,23H,12-14,17H2,1H3,(H,27,28). The maximum absolute atomic E-state index is 13.1. The molecule has 156 valence electrons. The Balaban J connectivity index is 1.41. The van der Waals surface area contributed by atoms with Crippen molar-refractivity contribution in [1.82, 2.24) is 24.8 Å². The van der Waals surface area contributed by atoms with Crippen LogP contribution in [0.15, 0.2) is 73.2 Å². The number of H-pyrrole nitrogens is 1. The van der Waals surface area contributed by atoms with Crippen molar-refractivity contribution in [3.63, 3.8) is 0 Å². The van der Waals surface area contributed by atoms with Crippen LogP contribution in [0.2, 0.25) is 0 Å². The van der Waals surface area contributed by atoms with E-state index in [-0.39, 0.29) is 11.9 Å². The first-order chi connectivity index (χ1) is 15.2. The molecule has 1 aliphatic rings. The smallest absolute Gasteiger partial charge is 0.227 e. The van der Waals surface area contributed by atoms with Crippen LogP contribution in [0.1, 0.15) is 17.4 Å². The summed E-state index contributed by atoms with van der Waals surface area (Å²) in [6, 6.07) is 18.4. The zero-order chi connectivity index (χ0) is 21.2. The minimum atomic E-state index is -0.0951. The number of hydrogen-bond donors (Lipinski definition) is 1. The van der Waals surface area contributed by atoms with Gasteiger partial charge in [-0.2, -0.15) is 0 Å². The van der Waals surface area contributed by atoms with Crippen LogP contribution in [0.5, 0.6) is 0 Å². The first-order valence-electron chi connectivity index (χ1n) is 10.6. The zero-order valence-electron chi connectivity index (χ0n) is 17.5. The fourth-order valence-electron chi connectivity index (χ4n) is 4.24. The van der Waals surface area contributed by atoms with E-state index in [0.717, 1.165) is 35.7 Å². The fraction of sp³-hybridized carbons (Fsp3) is 0.240. The number of carbonyl (C=O) groups excluding carboxylic acids is 1. The normalized spacial score (nSPS) is 17.2. The van der Waals surface area contributed by atoms with E-state index < -0.39 is 0 Å². The molecular weight excluding hydrogens is 386 g/mol. The summed E-state index contributed by atoms with van der Waals surface area (Å²) in [6.45, 7) is 2.31. The summed E-state index contributed by atoms with van der Waals surface area (Å²) in [6.07, 6.45) is 5.71. The van der Waals surface area contributed by atoms with Crippen molar-refractivity contribution in [2.24, 2.45) is 0 Å². The van der Waals surface area contributed by atoms with E-state index in [2.05, 4.69) is 63.3 Å². The van der Waals surface area contributed by atoms with Gasteiger partial charge in [0.2, 0.25) is 5.91 Å². The van der Waals surface area contributed by atoms with Gasteiger partial charge in [0.1, 0.15) is 11.9 Å². The lowest BCUT2D eigenvalue weighted by atomic mass is 10.1.